The highest BCUT2D eigenvalue weighted by atomic mass is 28.3. The monoisotopic (exact) mass is 405 g/mol. The second kappa shape index (κ2) is 5.32. The average Bonchev–Trinajstić information content (AvgIpc) is 3.28. The van der Waals surface area contributed by atoms with Crippen molar-refractivity contribution >= 4 is 25.6 Å². The molecule has 0 unspecified atom stereocenters. The first-order chi connectivity index (χ1) is 13.6. The minimum atomic E-state index is -1.52. The number of amides is 2. The maximum Gasteiger partial charge on any atom is 0.238 e. The molecule has 0 radical (unpaired) electrons. The van der Waals surface area contributed by atoms with E-state index >= 15 is 0 Å². The summed E-state index contributed by atoms with van der Waals surface area (Å²) in [6.45, 7) is 12.2. The first kappa shape index (κ1) is 18.1. The lowest BCUT2D eigenvalue weighted by Crippen LogP contribution is -2.51. The van der Waals surface area contributed by atoms with Crippen LogP contribution in [0.1, 0.15) is 26.7 Å². The second-order valence-corrected chi connectivity index (χ2v) is 17.2. The van der Waals surface area contributed by atoms with E-state index < -0.39 is 8.07 Å². The van der Waals surface area contributed by atoms with Crippen LogP contribution in [0.25, 0.3) is 0 Å². The van der Waals surface area contributed by atoms with Crippen LogP contribution in [0.3, 0.4) is 0 Å². The number of fused-ring (bicyclic) bond motifs is 5. The number of para-hydroxylation sites is 1. The van der Waals surface area contributed by atoms with Gasteiger partial charge < -0.3 is 0 Å². The van der Waals surface area contributed by atoms with Crippen molar-refractivity contribution in [3.8, 4) is 0 Å². The van der Waals surface area contributed by atoms with Crippen molar-refractivity contribution in [1.82, 2.24) is 0 Å². The van der Waals surface area contributed by atoms with E-state index in [2.05, 4.69) is 33.5 Å². The third-order valence-electron chi connectivity index (χ3n) is 9.40. The van der Waals surface area contributed by atoms with Gasteiger partial charge >= 0.3 is 0 Å². The highest BCUT2D eigenvalue weighted by molar-refractivity contribution is 6.78. The Labute approximate surface area is 174 Å². The molecule has 4 bridgehead atoms. The molecular weight excluding hydrogens is 374 g/mol. The van der Waals surface area contributed by atoms with Crippen LogP contribution in [0.2, 0.25) is 25.2 Å². The van der Waals surface area contributed by atoms with Crippen molar-refractivity contribution in [1.29, 1.82) is 0 Å². The third-order valence-corrected chi connectivity index (χ3v) is 12.1. The van der Waals surface area contributed by atoms with Gasteiger partial charge in [-0.25, -0.2) is 0 Å². The Bertz CT molecular complexity index is 972. The van der Waals surface area contributed by atoms with Crippen LogP contribution in [-0.2, 0) is 9.59 Å². The molecule has 6 aliphatic rings. The van der Waals surface area contributed by atoms with Crippen molar-refractivity contribution in [2.24, 2.45) is 40.9 Å². The van der Waals surface area contributed by atoms with Crippen molar-refractivity contribution in [2.45, 2.75) is 51.9 Å². The summed E-state index contributed by atoms with van der Waals surface area (Å²) >= 11 is 0. The minimum absolute atomic E-state index is 0.0759. The van der Waals surface area contributed by atoms with Gasteiger partial charge in [-0.15, -0.1) is 0 Å². The van der Waals surface area contributed by atoms with Crippen LogP contribution in [-0.4, -0.2) is 19.9 Å². The highest BCUT2D eigenvalue weighted by Gasteiger charge is 2.73. The van der Waals surface area contributed by atoms with Gasteiger partial charge in [0.05, 0.1) is 17.5 Å². The third kappa shape index (κ3) is 2.00. The minimum Gasteiger partial charge on any atom is -0.274 e. The molecule has 4 heteroatoms. The van der Waals surface area contributed by atoms with Crippen LogP contribution in [0.15, 0.2) is 41.5 Å². The molecule has 3 nitrogen and oxygen atoms in total. The predicted octanol–water partition coefficient (Wildman–Crippen LogP) is 5.12. The fourth-order valence-corrected chi connectivity index (χ4v) is 11.1. The number of benzene rings is 1. The zero-order valence-corrected chi connectivity index (χ0v) is 19.1. The number of hydrogen-bond donors (Lipinski definition) is 0. The molecule has 0 N–H and O–H groups in total. The maximum absolute atomic E-state index is 13.7. The molecule has 5 aliphatic carbocycles. The van der Waals surface area contributed by atoms with E-state index in [1.807, 2.05) is 30.3 Å². The first-order valence-corrected chi connectivity index (χ1v) is 14.9. The van der Waals surface area contributed by atoms with Crippen LogP contribution in [0.5, 0.6) is 0 Å². The first-order valence-electron chi connectivity index (χ1n) is 11.3. The fourth-order valence-electron chi connectivity index (χ4n) is 8.14. The summed E-state index contributed by atoms with van der Waals surface area (Å²) in [6, 6.07) is 9.59. The summed E-state index contributed by atoms with van der Waals surface area (Å²) < 4.78 is 0. The SMILES string of the molecule is CC1(C)[C@H]2CC3=C([C@H]4[C@@H]5C(=O)N(c6ccccc6)C(=O)[C@H]5[C@H]3[C@H]4[Si](C)(C)C)[C@H]1C2. The summed E-state index contributed by atoms with van der Waals surface area (Å²) in [7, 11) is -1.52. The van der Waals surface area contributed by atoms with Crippen molar-refractivity contribution in [3.05, 3.63) is 41.5 Å². The van der Waals surface area contributed by atoms with Gasteiger partial charge in [0, 0.05) is 8.07 Å². The van der Waals surface area contributed by atoms with Gasteiger partial charge in [0.1, 0.15) is 0 Å². The Morgan fingerprint density at radius 2 is 1.55 bits per heavy atom. The van der Waals surface area contributed by atoms with E-state index in [1.165, 1.54) is 17.7 Å². The maximum atomic E-state index is 13.7. The number of anilines is 1. The summed E-state index contributed by atoms with van der Waals surface area (Å²) in [5.41, 5.74) is 4.95. The van der Waals surface area contributed by atoms with Gasteiger partial charge in [-0.3, -0.25) is 14.5 Å². The van der Waals surface area contributed by atoms with E-state index in [1.54, 1.807) is 11.1 Å². The Morgan fingerprint density at radius 1 is 0.931 bits per heavy atom. The van der Waals surface area contributed by atoms with E-state index in [0.717, 1.165) is 11.6 Å². The quantitative estimate of drug-likeness (QED) is 0.389. The molecule has 2 saturated carbocycles. The molecule has 7 rings (SSSR count). The normalized spacial score (nSPS) is 41.6. The summed E-state index contributed by atoms with van der Waals surface area (Å²) in [5.74, 6) is 1.99. The van der Waals surface area contributed by atoms with E-state index in [-0.39, 0.29) is 23.7 Å². The molecule has 3 fully saturated rings. The number of nitrogens with zero attached hydrogens (tertiary/aromatic N) is 1. The standard InChI is InChI=1S/C25H31NO2Si/c1-25(2)13-11-15-17(16(25)12-13)19-21-20(18(15)22(19)29(3,4)5)23(27)26(24(21)28)14-9-7-6-8-10-14/h6-10,13,16,18-22H,11-12H2,1-5H3/t13-,16+,18-,19-,20-,21-,22+/m0/s1. The Kier molecular flexibility index (Phi) is 3.32. The molecule has 29 heavy (non-hydrogen) atoms. The number of carbonyl (C=O) groups excluding carboxylic acids is 2. The lowest BCUT2D eigenvalue weighted by atomic mass is 9.45. The summed E-state index contributed by atoms with van der Waals surface area (Å²) in [4.78, 5) is 28.9. The van der Waals surface area contributed by atoms with Crippen LogP contribution >= 0.6 is 0 Å². The zero-order valence-electron chi connectivity index (χ0n) is 18.1. The zero-order chi connectivity index (χ0) is 20.5. The Balaban J connectivity index is 1.48. The molecule has 1 aromatic carbocycles. The molecule has 1 aromatic rings. The lowest BCUT2D eigenvalue weighted by Gasteiger charge is -2.59. The predicted molar refractivity (Wildman–Crippen MR) is 117 cm³/mol. The molecule has 2 amide bonds. The molecule has 1 aliphatic heterocycles. The van der Waals surface area contributed by atoms with Gasteiger partial charge in [-0.1, -0.05) is 62.8 Å². The van der Waals surface area contributed by atoms with Gasteiger partial charge in [-0.05, 0) is 59.6 Å². The largest absolute Gasteiger partial charge is 0.274 e. The summed E-state index contributed by atoms with van der Waals surface area (Å²) in [6.07, 6.45) is 2.48. The Morgan fingerprint density at radius 3 is 2.14 bits per heavy atom. The smallest absolute Gasteiger partial charge is 0.238 e. The van der Waals surface area contributed by atoms with E-state index in [4.69, 9.17) is 0 Å². The van der Waals surface area contributed by atoms with Gasteiger partial charge in [0.15, 0.2) is 0 Å². The topological polar surface area (TPSA) is 37.4 Å². The molecular formula is C25H31NO2Si. The van der Waals surface area contributed by atoms with Gasteiger partial charge in [0.25, 0.3) is 0 Å². The van der Waals surface area contributed by atoms with Crippen LogP contribution < -0.4 is 4.90 Å². The Hall–Kier alpha value is -1.68. The molecule has 0 spiro atoms. The lowest BCUT2D eigenvalue weighted by molar-refractivity contribution is -0.123. The number of allylic oxidation sites excluding steroid dienone is 2. The number of carbonyl (C=O) groups is 2. The molecule has 7 atom stereocenters. The average molecular weight is 406 g/mol. The molecule has 152 valence electrons. The fraction of sp³-hybridized carbons (Fsp3) is 0.600. The van der Waals surface area contributed by atoms with E-state index in [0.29, 0.717) is 28.7 Å². The van der Waals surface area contributed by atoms with Gasteiger partial charge in [-0.2, -0.15) is 0 Å². The summed E-state index contributed by atoms with van der Waals surface area (Å²) in [5, 5.41) is 0. The van der Waals surface area contributed by atoms with Crippen LogP contribution in [0.4, 0.5) is 5.69 Å². The highest BCUT2D eigenvalue weighted by Crippen LogP contribution is 2.76. The van der Waals surface area contributed by atoms with Crippen molar-refractivity contribution in [2.75, 3.05) is 4.90 Å². The number of hydrogen-bond acceptors (Lipinski definition) is 2. The van der Waals surface area contributed by atoms with E-state index in [9.17, 15) is 9.59 Å². The van der Waals surface area contributed by atoms with Gasteiger partial charge in [0.2, 0.25) is 11.8 Å². The molecule has 0 aromatic heterocycles. The number of imide groups is 1. The van der Waals surface area contributed by atoms with Crippen LogP contribution in [0, 0.1) is 40.9 Å². The number of rotatable bonds is 2. The second-order valence-electron chi connectivity index (χ2n) is 11.8. The van der Waals surface area contributed by atoms with Crippen molar-refractivity contribution in [3.63, 3.8) is 0 Å². The molecule has 1 saturated heterocycles. The molecule has 1 heterocycles. The van der Waals surface area contributed by atoms with Crippen molar-refractivity contribution < 1.29 is 9.59 Å².